The molecule has 0 spiro atoms. The van der Waals surface area contributed by atoms with Crippen molar-refractivity contribution in [2.75, 3.05) is 20.3 Å². The minimum atomic E-state index is -4.03. The molecule has 0 saturated carbocycles. The van der Waals surface area contributed by atoms with Gasteiger partial charge in [-0.15, -0.1) is 11.3 Å². The first-order valence-electron chi connectivity index (χ1n) is 11.9. The van der Waals surface area contributed by atoms with Crippen LogP contribution < -0.4 is 15.8 Å². The molecule has 0 aliphatic carbocycles. The van der Waals surface area contributed by atoms with Gasteiger partial charge < -0.3 is 15.8 Å². The minimum absolute atomic E-state index is 0.0226. The number of amidine groups is 1. The third-order valence-corrected chi connectivity index (χ3v) is 8.42. The topological polar surface area (TPSA) is 147 Å². The molecule has 1 amide bonds. The maximum Gasteiger partial charge on any atom is 0.251 e. The Balaban J connectivity index is 1.62. The van der Waals surface area contributed by atoms with Crippen LogP contribution in [-0.4, -0.2) is 45.4 Å². The van der Waals surface area contributed by atoms with Crippen molar-refractivity contribution in [1.29, 1.82) is 5.41 Å². The summed E-state index contributed by atoms with van der Waals surface area (Å²) in [5, 5.41) is 11.1. The number of benzene rings is 3. The summed E-state index contributed by atoms with van der Waals surface area (Å²) in [6.45, 7) is 0.933. The third-order valence-electron chi connectivity index (χ3n) is 5.80. The van der Waals surface area contributed by atoms with Crippen LogP contribution in [0.25, 0.3) is 10.2 Å². The number of nitrogens with one attached hydrogen (secondary N) is 3. The van der Waals surface area contributed by atoms with Crippen molar-refractivity contribution in [3.63, 3.8) is 0 Å². The number of methoxy groups -OCH3 is 1. The first-order valence-corrected chi connectivity index (χ1v) is 14.2. The molecule has 4 rings (SSSR count). The van der Waals surface area contributed by atoms with E-state index in [0.29, 0.717) is 36.6 Å². The van der Waals surface area contributed by atoms with Crippen molar-refractivity contribution in [2.45, 2.75) is 23.8 Å². The highest BCUT2D eigenvalue weighted by molar-refractivity contribution is 7.89. The molecule has 0 radical (unpaired) electrons. The molecule has 1 atom stereocenters. The van der Waals surface area contributed by atoms with Gasteiger partial charge in [-0.25, -0.2) is 18.1 Å². The molecular formula is C27H29N5O4S2. The van der Waals surface area contributed by atoms with Gasteiger partial charge in [-0.05, 0) is 54.8 Å². The smallest absolute Gasteiger partial charge is 0.251 e. The second-order valence-electron chi connectivity index (χ2n) is 8.64. The van der Waals surface area contributed by atoms with Gasteiger partial charge in [0, 0.05) is 31.4 Å². The second kappa shape index (κ2) is 12.3. The third kappa shape index (κ3) is 6.81. The van der Waals surface area contributed by atoms with Crippen LogP contribution in [0.15, 0.2) is 77.7 Å². The van der Waals surface area contributed by atoms with Crippen LogP contribution in [0, 0.1) is 5.41 Å². The Morgan fingerprint density at radius 2 is 1.84 bits per heavy atom. The number of carbonyl (C=O) groups is 1. The molecule has 38 heavy (non-hydrogen) atoms. The summed E-state index contributed by atoms with van der Waals surface area (Å²) in [6.07, 6.45) is 0.941. The molecule has 0 aliphatic rings. The van der Waals surface area contributed by atoms with Crippen LogP contribution in [0.3, 0.4) is 0 Å². The molecule has 11 heteroatoms. The summed E-state index contributed by atoms with van der Waals surface area (Å²) < 4.78 is 35.8. The number of hydrogen-bond donors (Lipinski definition) is 4. The van der Waals surface area contributed by atoms with E-state index in [4.69, 9.17) is 15.9 Å². The number of rotatable bonds is 12. The zero-order chi connectivity index (χ0) is 27.1. The molecule has 0 fully saturated rings. The van der Waals surface area contributed by atoms with Gasteiger partial charge in [0.25, 0.3) is 5.91 Å². The Kier molecular flexibility index (Phi) is 8.85. The van der Waals surface area contributed by atoms with Gasteiger partial charge in [-0.2, -0.15) is 0 Å². The summed E-state index contributed by atoms with van der Waals surface area (Å²) in [6, 6.07) is 20.0. The molecule has 1 aromatic heterocycles. The largest absolute Gasteiger partial charge is 0.385 e. The van der Waals surface area contributed by atoms with Gasteiger partial charge in [0.05, 0.1) is 21.2 Å². The van der Waals surface area contributed by atoms with Crippen LogP contribution in [-0.2, 0) is 21.2 Å². The van der Waals surface area contributed by atoms with Crippen LogP contribution in [0.4, 0.5) is 0 Å². The summed E-state index contributed by atoms with van der Waals surface area (Å²) >= 11 is 1.41. The van der Waals surface area contributed by atoms with Gasteiger partial charge >= 0.3 is 0 Å². The van der Waals surface area contributed by atoms with Crippen LogP contribution in [0.1, 0.15) is 39.0 Å². The number of hydrogen-bond acceptors (Lipinski definition) is 7. The van der Waals surface area contributed by atoms with Crippen molar-refractivity contribution in [2.24, 2.45) is 5.73 Å². The number of para-hydroxylation sites is 1. The molecule has 0 aliphatic heterocycles. The Morgan fingerprint density at radius 1 is 1.08 bits per heavy atom. The molecule has 9 nitrogen and oxygen atoms in total. The molecule has 4 aromatic rings. The Morgan fingerprint density at radius 3 is 2.61 bits per heavy atom. The predicted octanol–water partition coefficient (Wildman–Crippen LogP) is 3.61. The maximum absolute atomic E-state index is 13.5. The number of nitrogen functional groups attached to an aromatic ring is 1. The summed E-state index contributed by atoms with van der Waals surface area (Å²) in [5.74, 6) is -0.428. The Hall–Kier alpha value is -3.64. The lowest BCUT2D eigenvalue weighted by atomic mass is 10.0. The lowest BCUT2D eigenvalue weighted by molar-refractivity contribution is 0.0948. The predicted molar refractivity (Wildman–Crippen MR) is 149 cm³/mol. The summed E-state index contributed by atoms with van der Waals surface area (Å²) in [4.78, 5) is 17.2. The quantitative estimate of drug-likeness (QED) is 0.120. The van der Waals surface area contributed by atoms with Crippen LogP contribution in [0.5, 0.6) is 0 Å². The number of ether oxygens (including phenoxy) is 1. The molecule has 1 heterocycles. The van der Waals surface area contributed by atoms with Crippen LogP contribution >= 0.6 is 11.3 Å². The minimum Gasteiger partial charge on any atom is -0.385 e. The standard InChI is InChI=1S/C27H29N5O4S2/c1-36-14-6-13-30-26(33)20-9-5-10-21(17-20)38(34,35)32-23(16-18-7-4-8-19(15-18)25(28)29)27-31-22-11-2-3-12-24(22)37-27/h2-5,7-12,15,17,23,32H,6,13-14,16H2,1H3,(H3,28,29)(H,30,33)/t23-/m1/s1. The van der Waals surface area contributed by atoms with E-state index in [1.807, 2.05) is 30.3 Å². The summed E-state index contributed by atoms with van der Waals surface area (Å²) in [7, 11) is -2.44. The first-order chi connectivity index (χ1) is 18.3. The van der Waals surface area contributed by atoms with Crippen molar-refractivity contribution in [3.8, 4) is 0 Å². The lowest BCUT2D eigenvalue weighted by Gasteiger charge is -2.18. The molecule has 198 valence electrons. The second-order valence-corrected chi connectivity index (χ2v) is 11.4. The van der Waals surface area contributed by atoms with Crippen molar-refractivity contribution in [1.82, 2.24) is 15.0 Å². The van der Waals surface area contributed by atoms with E-state index in [-0.39, 0.29) is 22.2 Å². The highest BCUT2D eigenvalue weighted by Gasteiger charge is 2.25. The number of amides is 1. The van der Waals surface area contributed by atoms with E-state index in [0.717, 1.165) is 15.8 Å². The number of nitrogens with two attached hydrogens (primary N) is 1. The first kappa shape index (κ1) is 27.4. The molecule has 0 bridgehead atoms. The van der Waals surface area contributed by atoms with Crippen LogP contribution in [0.2, 0.25) is 0 Å². The van der Waals surface area contributed by atoms with Gasteiger partial charge in [-0.1, -0.05) is 36.4 Å². The number of aromatic nitrogens is 1. The molecule has 0 saturated heterocycles. The van der Waals surface area contributed by atoms with E-state index >= 15 is 0 Å². The fourth-order valence-corrected chi connectivity index (χ4v) is 6.24. The monoisotopic (exact) mass is 551 g/mol. The SMILES string of the molecule is COCCCNC(=O)c1cccc(S(=O)(=O)N[C@H](Cc2cccc(C(=N)N)c2)c2nc3ccccc3s2)c1. The van der Waals surface area contributed by atoms with E-state index in [2.05, 4.69) is 15.0 Å². The van der Waals surface area contributed by atoms with Crippen molar-refractivity contribution in [3.05, 3.63) is 94.5 Å². The van der Waals surface area contributed by atoms with Crippen molar-refractivity contribution >= 4 is 43.3 Å². The fourth-order valence-electron chi connectivity index (χ4n) is 3.90. The van der Waals surface area contributed by atoms with E-state index in [9.17, 15) is 13.2 Å². The molecule has 3 aromatic carbocycles. The van der Waals surface area contributed by atoms with Gasteiger partial charge in [0.15, 0.2) is 0 Å². The average Bonchev–Trinajstić information content (AvgIpc) is 3.35. The van der Waals surface area contributed by atoms with Gasteiger partial charge in [0.1, 0.15) is 10.8 Å². The number of carbonyl (C=O) groups excluding carboxylic acids is 1. The lowest BCUT2D eigenvalue weighted by Crippen LogP contribution is -2.30. The summed E-state index contributed by atoms with van der Waals surface area (Å²) in [5.41, 5.74) is 8.04. The Labute approximate surface area is 225 Å². The highest BCUT2D eigenvalue weighted by Crippen LogP contribution is 2.30. The van der Waals surface area contributed by atoms with Crippen molar-refractivity contribution < 1.29 is 17.9 Å². The number of nitrogens with zero attached hydrogens (tertiary/aromatic N) is 1. The molecule has 5 N–H and O–H groups in total. The molecule has 0 unspecified atom stereocenters. The maximum atomic E-state index is 13.5. The average molecular weight is 552 g/mol. The molecular weight excluding hydrogens is 522 g/mol. The van der Waals surface area contributed by atoms with Gasteiger partial charge in [0.2, 0.25) is 10.0 Å². The van der Waals surface area contributed by atoms with E-state index in [1.54, 1.807) is 37.4 Å². The normalized spacial score (nSPS) is 12.3. The highest BCUT2D eigenvalue weighted by atomic mass is 32.2. The fraction of sp³-hybridized carbons (Fsp3) is 0.222. The number of fused-ring (bicyclic) bond motifs is 1. The number of thiazole rings is 1. The zero-order valence-corrected chi connectivity index (χ0v) is 22.4. The Bertz CT molecular complexity index is 1520. The zero-order valence-electron chi connectivity index (χ0n) is 20.8. The van der Waals surface area contributed by atoms with E-state index < -0.39 is 16.1 Å². The van der Waals surface area contributed by atoms with Gasteiger partial charge in [-0.3, -0.25) is 10.2 Å². The van der Waals surface area contributed by atoms with E-state index in [1.165, 1.54) is 23.5 Å². The number of sulfonamides is 1.